The lowest BCUT2D eigenvalue weighted by Gasteiger charge is -2.08. The van der Waals surface area contributed by atoms with Crippen LogP contribution in [0.4, 0.5) is 5.82 Å². The summed E-state index contributed by atoms with van der Waals surface area (Å²) >= 11 is 21.0. The highest BCUT2D eigenvalue weighted by Crippen LogP contribution is 2.23. The molecule has 0 bridgehead atoms. The van der Waals surface area contributed by atoms with Crippen molar-refractivity contribution < 1.29 is 0 Å². The van der Waals surface area contributed by atoms with Crippen LogP contribution in [0.25, 0.3) is 0 Å². The van der Waals surface area contributed by atoms with Gasteiger partial charge in [-0.15, -0.1) is 0 Å². The molecule has 2 aromatic rings. The molecule has 0 spiro atoms. The highest BCUT2D eigenvalue weighted by molar-refractivity contribution is 9.10. The topological polar surface area (TPSA) is 37.8 Å². The van der Waals surface area contributed by atoms with E-state index < -0.39 is 0 Å². The van der Waals surface area contributed by atoms with Crippen molar-refractivity contribution in [3.05, 3.63) is 49.8 Å². The standard InChI is InChI=1S/C12H9BrCl3N3/c13-9-6-18-12(16)19-11(9)17-4-3-7-1-2-8(14)5-10(7)15/h1-2,5-6H,3-4H2,(H,17,18,19). The highest BCUT2D eigenvalue weighted by Gasteiger charge is 2.05. The highest BCUT2D eigenvalue weighted by atomic mass is 79.9. The summed E-state index contributed by atoms with van der Waals surface area (Å²) in [6.45, 7) is 0.674. The number of anilines is 1. The summed E-state index contributed by atoms with van der Waals surface area (Å²) < 4.78 is 0.763. The normalized spacial score (nSPS) is 10.5. The molecule has 0 fully saturated rings. The third kappa shape index (κ3) is 4.21. The van der Waals surface area contributed by atoms with Gasteiger partial charge in [0, 0.05) is 22.8 Å². The van der Waals surface area contributed by atoms with Crippen molar-refractivity contribution in [2.75, 3.05) is 11.9 Å². The molecule has 0 aliphatic heterocycles. The van der Waals surface area contributed by atoms with Crippen LogP contribution >= 0.6 is 50.7 Å². The van der Waals surface area contributed by atoms with Crippen LogP contribution in [0.2, 0.25) is 15.3 Å². The molecule has 1 N–H and O–H groups in total. The molecule has 7 heteroatoms. The van der Waals surface area contributed by atoms with Gasteiger partial charge < -0.3 is 5.32 Å². The first-order valence-corrected chi connectivity index (χ1v) is 7.35. The average Bonchev–Trinajstić information content (AvgIpc) is 2.36. The number of hydrogen-bond acceptors (Lipinski definition) is 3. The van der Waals surface area contributed by atoms with Crippen molar-refractivity contribution in [1.82, 2.24) is 9.97 Å². The maximum atomic E-state index is 6.10. The lowest BCUT2D eigenvalue weighted by atomic mass is 10.1. The smallest absolute Gasteiger partial charge is 0.224 e. The molecule has 100 valence electrons. The van der Waals surface area contributed by atoms with Crippen molar-refractivity contribution in [3.8, 4) is 0 Å². The minimum Gasteiger partial charge on any atom is -0.369 e. The van der Waals surface area contributed by atoms with E-state index in [1.165, 1.54) is 0 Å². The van der Waals surface area contributed by atoms with Crippen molar-refractivity contribution in [2.24, 2.45) is 0 Å². The zero-order chi connectivity index (χ0) is 13.8. The molecule has 0 unspecified atom stereocenters. The van der Waals surface area contributed by atoms with Gasteiger partial charge in [-0.1, -0.05) is 29.3 Å². The first-order chi connectivity index (χ1) is 9.06. The van der Waals surface area contributed by atoms with E-state index in [2.05, 4.69) is 31.2 Å². The first-order valence-electron chi connectivity index (χ1n) is 5.42. The molecule has 0 amide bonds. The van der Waals surface area contributed by atoms with E-state index in [0.717, 1.165) is 16.5 Å². The molecular weight excluding hydrogens is 372 g/mol. The summed E-state index contributed by atoms with van der Waals surface area (Å²) in [6, 6.07) is 5.46. The van der Waals surface area contributed by atoms with Crippen LogP contribution in [0.3, 0.4) is 0 Å². The van der Waals surface area contributed by atoms with Crippen LogP contribution in [-0.4, -0.2) is 16.5 Å². The third-order valence-electron chi connectivity index (χ3n) is 2.42. The molecule has 1 aromatic heterocycles. The van der Waals surface area contributed by atoms with Crippen molar-refractivity contribution in [1.29, 1.82) is 0 Å². The summed E-state index contributed by atoms with van der Waals surface area (Å²) in [7, 11) is 0. The summed E-state index contributed by atoms with van der Waals surface area (Å²) in [5, 5.41) is 4.67. The van der Waals surface area contributed by atoms with Gasteiger partial charge in [0.2, 0.25) is 5.28 Å². The fourth-order valence-corrected chi connectivity index (χ4v) is 2.48. The molecule has 19 heavy (non-hydrogen) atoms. The molecule has 0 saturated heterocycles. The van der Waals surface area contributed by atoms with Crippen LogP contribution in [-0.2, 0) is 6.42 Å². The second-order valence-corrected chi connectivity index (χ2v) is 5.78. The van der Waals surface area contributed by atoms with Gasteiger partial charge in [0.05, 0.1) is 4.47 Å². The molecule has 0 saturated carbocycles. The largest absolute Gasteiger partial charge is 0.369 e. The average molecular weight is 381 g/mol. The Morgan fingerprint density at radius 2 is 2.00 bits per heavy atom. The third-order valence-corrected chi connectivity index (χ3v) is 3.77. The van der Waals surface area contributed by atoms with Gasteiger partial charge in [0.15, 0.2) is 0 Å². The Labute approximate surface area is 134 Å². The second kappa shape index (κ2) is 6.75. The Bertz CT molecular complexity index is 592. The number of rotatable bonds is 4. The van der Waals surface area contributed by atoms with Crippen LogP contribution in [0.5, 0.6) is 0 Å². The Balaban J connectivity index is 1.98. The molecule has 0 aliphatic carbocycles. The van der Waals surface area contributed by atoms with Gasteiger partial charge in [-0.3, -0.25) is 0 Å². The maximum Gasteiger partial charge on any atom is 0.224 e. The SMILES string of the molecule is Clc1ccc(CCNc2nc(Cl)ncc2Br)c(Cl)c1. The quantitative estimate of drug-likeness (QED) is 0.769. The number of nitrogens with one attached hydrogen (secondary N) is 1. The van der Waals surface area contributed by atoms with Gasteiger partial charge in [0.25, 0.3) is 0 Å². The minimum absolute atomic E-state index is 0.204. The maximum absolute atomic E-state index is 6.10. The lowest BCUT2D eigenvalue weighted by molar-refractivity contribution is 0.996. The van der Waals surface area contributed by atoms with Crippen molar-refractivity contribution >= 4 is 56.6 Å². The molecule has 0 atom stereocenters. The Kier molecular flexibility index (Phi) is 5.28. The van der Waals surface area contributed by atoms with Gasteiger partial charge in [-0.25, -0.2) is 4.98 Å². The lowest BCUT2D eigenvalue weighted by Crippen LogP contribution is -2.07. The Morgan fingerprint density at radius 3 is 2.74 bits per heavy atom. The van der Waals surface area contributed by atoms with Gasteiger partial charge >= 0.3 is 0 Å². The van der Waals surface area contributed by atoms with E-state index in [-0.39, 0.29) is 5.28 Å². The van der Waals surface area contributed by atoms with Gasteiger partial charge in [0.1, 0.15) is 5.82 Å². The van der Waals surface area contributed by atoms with E-state index in [1.807, 2.05) is 12.1 Å². The van der Waals surface area contributed by atoms with E-state index >= 15 is 0 Å². The first kappa shape index (κ1) is 14.9. The summed E-state index contributed by atoms with van der Waals surface area (Å²) in [4.78, 5) is 7.94. The summed E-state index contributed by atoms with van der Waals surface area (Å²) in [6.07, 6.45) is 2.36. The van der Waals surface area contributed by atoms with Crippen LogP contribution in [0.1, 0.15) is 5.56 Å². The van der Waals surface area contributed by atoms with Crippen molar-refractivity contribution in [2.45, 2.75) is 6.42 Å². The van der Waals surface area contributed by atoms with Gasteiger partial charge in [-0.05, 0) is 51.6 Å². The molecule has 3 nitrogen and oxygen atoms in total. The molecule has 0 radical (unpaired) electrons. The van der Waals surface area contributed by atoms with Gasteiger partial charge in [-0.2, -0.15) is 4.98 Å². The minimum atomic E-state index is 0.204. The predicted octanol–water partition coefficient (Wildman–Crippen LogP) is 4.85. The van der Waals surface area contributed by atoms with E-state index in [9.17, 15) is 0 Å². The molecular formula is C12H9BrCl3N3. The monoisotopic (exact) mass is 379 g/mol. The second-order valence-electron chi connectivity index (χ2n) is 3.75. The van der Waals surface area contributed by atoms with E-state index in [4.69, 9.17) is 34.8 Å². The Hall–Kier alpha value is -0.550. The van der Waals surface area contributed by atoms with E-state index in [0.29, 0.717) is 22.4 Å². The zero-order valence-corrected chi connectivity index (χ0v) is 13.5. The fourth-order valence-electron chi connectivity index (χ4n) is 1.51. The predicted molar refractivity (Wildman–Crippen MR) is 83.4 cm³/mol. The Morgan fingerprint density at radius 1 is 1.21 bits per heavy atom. The summed E-state index contributed by atoms with van der Waals surface area (Å²) in [5.41, 5.74) is 1.02. The molecule has 1 aromatic carbocycles. The summed E-state index contributed by atoms with van der Waals surface area (Å²) in [5.74, 6) is 0.657. The molecule has 2 rings (SSSR count). The van der Waals surface area contributed by atoms with Crippen LogP contribution in [0, 0.1) is 0 Å². The zero-order valence-electron chi connectivity index (χ0n) is 9.63. The number of benzene rings is 1. The van der Waals surface area contributed by atoms with Crippen LogP contribution < -0.4 is 5.32 Å². The number of hydrogen-bond donors (Lipinski definition) is 1. The molecule has 1 heterocycles. The molecule has 0 aliphatic rings. The number of halogens is 4. The van der Waals surface area contributed by atoms with Crippen LogP contribution in [0.15, 0.2) is 28.9 Å². The van der Waals surface area contributed by atoms with E-state index in [1.54, 1.807) is 12.3 Å². The van der Waals surface area contributed by atoms with Crippen molar-refractivity contribution in [3.63, 3.8) is 0 Å². The number of nitrogens with zero attached hydrogens (tertiary/aromatic N) is 2. The fraction of sp³-hybridized carbons (Fsp3) is 0.167. The number of aromatic nitrogens is 2.